The number of nitrogens with one attached hydrogen (secondary N) is 4. The van der Waals surface area contributed by atoms with Crippen LogP contribution in [0.4, 0.5) is 13.2 Å². The molecule has 0 radical (unpaired) electrons. The Balaban J connectivity index is 1.39. The first-order valence-electron chi connectivity index (χ1n) is 10.7. The van der Waals surface area contributed by atoms with Crippen molar-refractivity contribution in [3.8, 4) is 0 Å². The highest BCUT2D eigenvalue weighted by Crippen LogP contribution is 2.44. The average Bonchev–Trinajstić information content (AvgIpc) is 2.89. The molecule has 6 heterocycles. The van der Waals surface area contributed by atoms with Gasteiger partial charge in [0.15, 0.2) is 0 Å². The number of carbonyl (C=O) groups excluding carboxylic acids is 1. The number of piperazine rings is 1. The zero-order valence-corrected chi connectivity index (χ0v) is 16.5. The number of carbonyl (C=O) groups is 1. The molecule has 0 aromatic rings. The largest absolute Gasteiger partial charge is 0.391 e. The van der Waals surface area contributed by atoms with Gasteiger partial charge in [0, 0.05) is 37.1 Å². The quantitative estimate of drug-likeness (QED) is 0.425. The minimum absolute atomic E-state index is 0.00287. The van der Waals surface area contributed by atoms with Gasteiger partial charge in [-0.05, 0) is 45.1 Å². The maximum absolute atomic E-state index is 13.8. The Hall–Kier alpha value is -0.940. The zero-order valence-electron chi connectivity index (χ0n) is 16.5. The van der Waals surface area contributed by atoms with Gasteiger partial charge in [0.1, 0.15) is 5.60 Å². The van der Waals surface area contributed by atoms with E-state index >= 15 is 0 Å². The molecule has 0 aliphatic carbocycles. The van der Waals surface area contributed by atoms with Crippen LogP contribution in [0.1, 0.15) is 32.6 Å². The number of halogens is 3. The molecule has 8 unspecified atom stereocenters. The molecule has 6 rings (SSSR count). The molecule has 0 aromatic carbocycles. The fraction of sp³-hybridized carbons (Fsp3) is 0.947. The molecule has 0 aromatic heterocycles. The van der Waals surface area contributed by atoms with Crippen LogP contribution in [0, 0.1) is 17.8 Å². The van der Waals surface area contributed by atoms with Gasteiger partial charge in [0.05, 0.1) is 18.2 Å². The molecule has 164 valence electrons. The van der Waals surface area contributed by atoms with E-state index in [4.69, 9.17) is 0 Å². The van der Waals surface area contributed by atoms with E-state index in [1.165, 1.54) is 6.92 Å². The van der Waals surface area contributed by atoms with Crippen molar-refractivity contribution in [3.05, 3.63) is 0 Å². The average molecular weight is 417 g/mol. The fourth-order valence-electron chi connectivity index (χ4n) is 6.41. The van der Waals surface area contributed by atoms with Crippen molar-refractivity contribution < 1.29 is 23.1 Å². The van der Waals surface area contributed by atoms with Crippen molar-refractivity contribution in [2.45, 2.75) is 74.8 Å². The summed E-state index contributed by atoms with van der Waals surface area (Å²) < 4.78 is 41.4. The molecule has 10 heteroatoms. The Morgan fingerprint density at radius 3 is 2.48 bits per heavy atom. The van der Waals surface area contributed by atoms with Crippen LogP contribution >= 0.6 is 0 Å². The first kappa shape index (κ1) is 20.0. The first-order chi connectivity index (χ1) is 13.6. The predicted octanol–water partition coefficient (Wildman–Crippen LogP) is -0.278. The van der Waals surface area contributed by atoms with E-state index < -0.39 is 35.7 Å². The molecule has 29 heavy (non-hydrogen) atoms. The number of alkyl halides is 3. The Morgan fingerprint density at radius 2 is 1.83 bits per heavy atom. The second-order valence-electron chi connectivity index (χ2n) is 9.78. The molecular formula is C19H30F3N5O2. The van der Waals surface area contributed by atoms with E-state index in [-0.39, 0.29) is 31.0 Å². The molecule has 6 aliphatic heterocycles. The molecule has 0 spiro atoms. The van der Waals surface area contributed by atoms with Gasteiger partial charge in [-0.3, -0.25) is 20.3 Å². The number of nitrogens with zero attached hydrogens (tertiary/aromatic N) is 1. The minimum atomic E-state index is -4.24. The van der Waals surface area contributed by atoms with E-state index in [1.807, 2.05) is 0 Å². The monoisotopic (exact) mass is 417 g/mol. The molecule has 6 saturated heterocycles. The first-order valence-corrected chi connectivity index (χ1v) is 10.7. The van der Waals surface area contributed by atoms with Gasteiger partial charge in [-0.25, -0.2) is 0 Å². The normalized spacial score (nSPS) is 50.6. The number of piperidine rings is 3. The summed E-state index contributed by atoms with van der Waals surface area (Å²) >= 11 is 0. The van der Waals surface area contributed by atoms with Crippen LogP contribution in [-0.2, 0) is 4.79 Å². The third kappa shape index (κ3) is 3.37. The van der Waals surface area contributed by atoms with Crippen molar-refractivity contribution in [3.63, 3.8) is 0 Å². The smallest absolute Gasteiger partial charge is 0.380 e. The Kier molecular flexibility index (Phi) is 4.67. The van der Waals surface area contributed by atoms with Crippen molar-refractivity contribution in [1.29, 1.82) is 0 Å². The second-order valence-corrected chi connectivity index (χ2v) is 9.78. The third-order valence-electron chi connectivity index (χ3n) is 7.88. The molecule has 6 fully saturated rings. The molecule has 1 amide bonds. The number of hydrogen-bond donors (Lipinski definition) is 5. The number of amides is 1. The lowest BCUT2D eigenvalue weighted by Gasteiger charge is -2.54. The molecule has 0 saturated carbocycles. The van der Waals surface area contributed by atoms with E-state index in [1.54, 1.807) is 0 Å². The van der Waals surface area contributed by atoms with Crippen LogP contribution in [0.2, 0.25) is 0 Å². The fourth-order valence-corrected chi connectivity index (χ4v) is 6.41. The van der Waals surface area contributed by atoms with Crippen LogP contribution < -0.4 is 21.3 Å². The van der Waals surface area contributed by atoms with Crippen molar-refractivity contribution in [2.75, 3.05) is 19.6 Å². The SMILES string of the molecule is C[C@@]1(O)C(=O)NC2NCCC(C3CC(C(F)(F)F)CC(N4CC5CC(C4)N5)N3)C21. The predicted molar refractivity (Wildman–Crippen MR) is 98.5 cm³/mol. The molecular weight excluding hydrogens is 387 g/mol. The molecule has 2 bridgehead atoms. The summed E-state index contributed by atoms with van der Waals surface area (Å²) in [6.07, 6.45) is -3.17. The number of aliphatic hydroxyl groups is 1. The van der Waals surface area contributed by atoms with Gasteiger partial charge in [-0.1, -0.05) is 0 Å². The van der Waals surface area contributed by atoms with E-state index in [0.29, 0.717) is 25.0 Å². The summed E-state index contributed by atoms with van der Waals surface area (Å²) in [4.78, 5) is 14.4. The van der Waals surface area contributed by atoms with Crippen LogP contribution in [0.15, 0.2) is 0 Å². The molecule has 9 atom stereocenters. The molecule has 5 N–H and O–H groups in total. The van der Waals surface area contributed by atoms with Crippen molar-refractivity contribution >= 4 is 5.91 Å². The summed E-state index contributed by atoms with van der Waals surface area (Å²) in [6, 6.07) is 0.363. The lowest BCUT2D eigenvalue weighted by atomic mass is 9.69. The Bertz CT molecular complexity index is 659. The van der Waals surface area contributed by atoms with Gasteiger partial charge in [-0.2, -0.15) is 13.2 Å². The van der Waals surface area contributed by atoms with E-state index in [0.717, 1.165) is 19.5 Å². The highest BCUT2D eigenvalue weighted by Gasteiger charge is 2.58. The van der Waals surface area contributed by atoms with E-state index in [9.17, 15) is 23.1 Å². The van der Waals surface area contributed by atoms with Crippen molar-refractivity contribution in [2.24, 2.45) is 17.8 Å². The van der Waals surface area contributed by atoms with E-state index in [2.05, 4.69) is 26.2 Å². The summed E-state index contributed by atoms with van der Waals surface area (Å²) in [5.74, 6) is -2.48. The second kappa shape index (κ2) is 6.78. The number of rotatable bonds is 2. The maximum atomic E-state index is 13.8. The van der Waals surface area contributed by atoms with Crippen LogP contribution in [-0.4, -0.2) is 77.8 Å². The highest BCUT2D eigenvalue weighted by atomic mass is 19.4. The minimum Gasteiger partial charge on any atom is -0.380 e. The Labute approximate surface area is 168 Å². The summed E-state index contributed by atoms with van der Waals surface area (Å²) in [7, 11) is 0. The Morgan fingerprint density at radius 1 is 1.14 bits per heavy atom. The van der Waals surface area contributed by atoms with Gasteiger partial charge >= 0.3 is 6.18 Å². The van der Waals surface area contributed by atoms with Gasteiger partial charge in [-0.15, -0.1) is 0 Å². The van der Waals surface area contributed by atoms with Gasteiger partial charge < -0.3 is 15.7 Å². The summed E-state index contributed by atoms with van der Waals surface area (Å²) in [5, 5.41) is 23.7. The highest BCUT2D eigenvalue weighted by molar-refractivity contribution is 5.87. The van der Waals surface area contributed by atoms with Crippen LogP contribution in [0.25, 0.3) is 0 Å². The molecule has 7 nitrogen and oxygen atoms in total. The lowest BCUT2D eigenvalue weighted by Crippen LogP contribution is -2.72. The zero-order chi connectivity index (χ0) is 20.6. The summed E-state index contributed by atoms with van der Waals surface area (Å²) in [6.45, 7) is 3.63. The van der Waals surface area contributed by atoms with Crippen LogP contribution in [0.5, 0.6) is 0 Å². The number of fused-ring (bicyclic) bond motifs is 3. The topological polar surface area (TPSA) is 88.7 Å². The van der Waals surface area contributed by atoms with Gasteiger partial charge in [0.2, 0.25) is 0 Å². The maximum Gasteiger partial charge on any atom is 0.391 e. The van der Waals surface area contributed by atoms with Gasteiger partial charge in [0.25, 0.3) is 5.91 Å². The summed E-state index contributed by atoms with van der Waals surface area (Å²) in [5.41, 5.74) is -1.58. The third-order valence-corrected chi connectivity index (χ3v) is 7.88. The standard InChI is InChI=1S/C19H30F3N5O2/c1-18(29)15-12(2-3-23-16(15)26-17(18)28)13-4-9(19(20,21)22)5-14(25-13)27-7-10-6-11(8-27)24-10/h9-16,23-25,29H,2-8H2,1H3,(H,26,28)/t9?,10?,11?,12?,13?,14?,15?,16?,18-/m0/s1. The number of hydrogen-bond acceptors (Lipinski definition) is 6. The van der Waals surface area contributed by atoms with Crippen LogP contribution in [0.3, 0.4) is 0 Å². The lowest BCUT2D eigenvalue weighted by molar-refractivity contribution is -0.195. The molecule has 6 aliphatic rings. The van der Waals surface area contributed by atoms with Crippen molar-refractivity contribution in [1.82, 2.24) is 26.2 Å².